The van der Waals surface area contributed by atoms with E-state index in [0.717, 1.165) is 12.0 Å². The van der Waals surface area contributed by atoms with Crippen LogP contribution in [0.15, 0.2) is 40.8 Å². The smallest absolute Gasteiger partial charge is 0.0852 e. The lowest BCUT2D eigenvalue weighted by atomic mass is 10.1. The van der Waals surface area contributed by atoms with Crippen LogP contribution < -0.4 is 0 Å². The van der Waals surface area contributed by atoms with Crippen molar-refractivity contribution >= 4 is 0 Å². The van der Waals surface area contributed by atoms with Crippen LogP contribution in [0.2, 0.25) is 0 Å². The standard InChI is InChI=1S/C11H17NO/c1-5-9(4)10(6-2)8-11(7-3)12-13/h6,8H,2,5,7H2,1,3-4H3/b10-9-,11-8+. The van der Waals surface area contributed by atoms with Crippen molar-refractivity contribution in [3.05, 3.63) is 40.5 Å². The van der Waals surface area contributed by atoms with Crippen LogP contribution >= 0.6 is 0 Å². The lowest BCUT2D eigenvalue weighted by molar-refractivity contribution is 1.04. The van der Waals surface area contributed by atoms with Crippen LogP contribution in [0.4, 0.5) is 0 Å². The third-order valence-corrected chi connectivity index (χ3v) is 2.04. The topological polar surface area (TPSA) is 29.4 Å². The van der Waals surface area contributed by atoms with E-state index in [9.17, 15) is 4.91 Å². The summed E-state index contributed by atoms with van der Waals surface area (Å²) < 4.78 is 0. The van der Waals surface area contributed by atoms with Crippen molar-refractivity contribution in [3.63, 3.8) is 0 Å². The lowest BCUT2D eigenvalue weighted by Gasteiger charge is -2.01. The molecule has 0 aliphatic rings. The van der Waals surface area contributed by atoms with Crippen molar-refractivity contribution in [1.82, 2.24) is 0 Å². The van der Waals surface area contributed by atoms with E-state index < -0.39 is 0 Å². The molecule has 0 saturated carbocycles. The molecule has 0 heterocycles. The Morgan fingerprint density at radius 2 is 2.00 bits per heavy atom. The maximum Gasteiger partial charge on any atom is 0.0852 e. The molecule has 0 aromatic carbocycles. The van der Waals surface area contributed by atoms with E-state index in [1.165, 1.54) is 5.57 Å². The molecule has 0 radical (unpaired) electrons. The summed E-state index contributed by atoms with van der Waals surface area (Å²) in [6.07, 6.45) is 5.20. The second-order valence-corrected chi connectivity index (χ2v) is 2.87. The second-order valence-electron chi connectivity index (χ2n) is 2.87. The van der Waals surface area contributed by atoms with Gasteiger partial charge in [-0.3, -0.25) is 0 Å². The SMILES string of the molecule is C=CC(/C=C(\CC)N=O)=C(\C)CC. The van der Waals surface area contributed by atoms with Crippen LogP contribution in [-0.4, -0.2) is 0 Å². The normalized spacial score (nSPS) is 13.6. The second kappa shape index (κ2) is 6.35. The zero-order valence-electron chi connectivity index (χ0n) is 8.63. The first-order valence-corrected chi connectivity index (χ1v) is 4.55. The molecule has 0 aliphatic heterocycles. The van der Waals surface area contributed by atoms with Gasteiger partial charge in [0.1, 0.15) is 0 Å². The van der Waals surface area contributed by atoms with Crippen LogP contribution in [0.1, 0.15) is 33.6 Å². The molecule has 2 nitrogen and oxygen atoms in total. The molecule has 0 aromatic heterocycles. The zero-order chi connectivity index (χ0) is 10.3. The molecule has 0 unspecified atom stereocenters. The number of rotatable bonds is 5. The molecule has 0 fully saturated rings. The van der Waals surface area contributed by atoms with E-state index in [2.05, 4.69) is 18.7 Å². The molecular weight excluding hydrogens is 162 g/mol. The number of hydrogen-bond donors (Lipinski definition) is 0. The van der Waals surface area contributed by atoms with Gasteiger partial charge in [0.2, 0.25) is 0 Å². The van der Waals surface area contributed by atoms with Crippen molar-refractivity contribution in [2.24, 2.45) is 5.18 Å². The van der Waals surface area contributed by atoms with E-state index in [1.807, 2.05) is 13.8 Å². The minimum Gasteiger partial charge on any atom is -0.145 e. The molecule has 72 valence electrons. The number of nitroso groups, excluding NO2 is 1. The van der Waals surface area contributed by atoms with Gasteiger partial charge in [-0.05, 0) is 36.6 Å². The van der Waals surface area contributed by atoms with E-state index >= 15 is 0 Å². The monoisotopic (exact) mass is 179 g/mol. The molecular formula is C11H17NO. The number of hydrogen-bond acceptors (Lipinski definition) is 2. The van der Waals surface area contributed by atoms with E-state index in [1.54, 1.807) is 12.2 Å². The minimum atomic E-state index is 0.572. The van der Waals surface area contributed by atoms with Gasteiger partial charge in [-0.25, -0.2) is 0 Å². The highest BCUT2D eigenvalue weighted by Crippen LogP contribution is 2.14. The van der Waals surface area contributed by atoms with Gasteiger partial charge < -0.3 is 0 Å². The zero-order valence-corrected chi connectivity index (χ0v) is 8.63. The van der Waals surface area contributed by atoms with E-state index in [0.29, 0.717) is 12.1 Å². The Bertz CT molecular complexity index is 249. The van der Waals surface area contributed by atoms with E-state index in [4.69, 9.17) is 0 Å². The highest BCUT2D eigenvalue weighted by Gasteiger charge is 1.97. The molecule has 0 spiro atoms. The summed E-state index contributed by atoms with van der Waals surface area (Å²) in [6.45, 7) is 9.73. The van der Waals surface area contributed by atoms with Crippen molar-refractivity contribution in [1.29, 1.82) is 0 Å². The molecule has 0 saturated heterocycles. The Labute approximate surface area is 80.0 Å². The first kappa shape index (κ1) is 11.8. The maximum atomic E-state index is 10.3. The van der Waals surface area contributed by atoms with Gasteiger partial charge in [0.15, 0.2) is 0 Å². The fourth-order valence-corrected chi connectivity index (χ4v) is 0.933. The molecule has 0 atom stereocenters. The van der Waals surface area contributed by atoms with Crippen molar-refractivity contribution in [2.45, 2.75) is 33.6 Å². The predicted molar refractivity (Wildman–Crippen MR) is 57.4 cm³/mol. The Balaban J connectivity index is 4.90. The van der Waals surface area contributed by atoms with Gasteiger partial charge >= 0.3 is 0 Å². The molecule has 0 rings (SSSR count). The average molecular weight is 179 g/mol. The van der Waals surface area contributed by atoms with E-state index in [-0.39, 0.29) is 0 Å². The van der Waals surface area contributed by atoms with Crippen molar-refractivity contribution < 1.29 is 0 Å². The van der Waals surface area contributed by atoms with Gasteiger partial charge in [0, 0.05) is 0 Å². The first-order chi connectivity index (χ1) is 6.19. The Kier molecular flexibility index (Phi) is 5.77. The third kappa shape index (κ3) is 3.83. The van der Waals surface area contributed by atoms with Crippen LogP contribution in [0.5, 0.6) is 0 Å². The summed E-state index contributed by atoms with van der Waals surface area (Å²) in [5, 5.41) is 2.94. The average Bonchev–Trinajstić information content (AvgIpc) is 2.19. The van der Waals surface area contributed by atoms with Crippen molar-refractivity contribution in [2.75, 3.05) is 0 Å². The Morgan fingerprint density at radius 3 is 2.31 bits per heavy atom. The highest BCUT2D eigenvalue weighted by atomic mass is 16.3. The largest absolute Gasteiger partial charge is 0.145 e. The van der Waals surface area contributed by atoms with Crippen LogP contribution in [-0.2, 0) is 0 Å². The fraction of sp³-hybridized carbons (Fsp3) is 0.455. The van der Waals surface area contributed by atoms with Gasteiger partial charge in [-0.1, -0.05) is 32.1 Å². The first-order valence-electron chi connectivity index (χ1n) is 4.55. The van der Waals surface area contributed by atoms with Gasteiger partial charge in [0.25, 0.3) is 0 Å². The van der Waals surface area contributed by atoms with Gasteiger partial charge in [-0.15, -0.1) is 4.91 Å². The van der Waals surface area contributed by atoms with Crippen LogP contribution in [0.25, 0.3) is 0 Å². The molecule has 0 aliphatic carbocycles. The maximum absolute atomic E-state index is 10.3. The highest BCUT2D eigenvalue weighted by molar-refractivity contribution is 5.35. The number of allylic oxidation sites excluding steroid dienone is 5. The number of nitrogens with zero attached hydrogens (tertiary/aromatic N) is 1. The lowest BCUT2D eigenvalue weighted by Crippen LogP contribution is -1.83. The molecule has 0 amide bonds. The summed E-state index contributed by atoms with van der Waals surface area (Å²) in [5.74, 6) is 0. The van der Waals surface area contributed by atoms with Gasteiger partial charge in [-0.2, -0.15) is 0 Å². The minimum absolute atomic E-state index is 0.572. The summed E-state index contributed by atoms with van der Waals surface area (Å²) in [5.41, 5.74) is 2.81. The fourth-order valence-electron chi connectivity index (χ4n) is 0.933. The summed E-state index contributed by atoms with van der Waals surface area (Å²) in [7, 11) is 0. The molecule has 13 heavy (non-hydrogen) atoms. The molecule has 0 bridgehead atoms. The molecule has 0 N–H and O–H groups in total. The van der Waals surface area contributed by atoms with Gasteiger partial charge in [0.05, 0.1) is 5.70 Å². The molecule has 2 heteroatoms. The molecule has 0 aromatic rings. The Hall–Kier alpha value is -1.18. The van der Waals surface area contributed by atoms with Crippen molar-refractivity contribution in [3.8, 4) is 0 Å². The quantitative estimate of drug-likeness (QED) is 0.464. The van der Waals surface area contributed by atoms with Crippen LogP contribution in [0, 0.1) is 4.91 Å². The predicted octanol–water partition coefficient (Wildman–Crippen LogP) is 3.96. The summed E-state index contributed by atoms with van der Waals surface area (Å²) in [6, 6.07) is 0. The summed E-state index contributed by atoms with van der Waals surface area (Å²) in [4.78, 5) is 10.3. The Morgan fingerprint density at radius 1 is 1.38 bits per heavy atom. The summed E-state index contributed by atoms with van der Waals surface area (Å²) >= 11 is 0. The van der Waals surface area contributed by atoms with Crippen LogP contribution in [0.3, 0.4) is 0 Å². The third-order valence-electron chi connectivity index (χ3n) is 2.04.